The summed E-state index contributed by atoms with van der Waals surface area (Å²) in [6, 6.07) is 81.1. The number of rotatable bonds is 7. The second-order valence-electron chi connectivity index (χ2n) is 16.2. The summed E-state index contributed by atoms with van der Waals surface area (Å²) < 4.78 is 5.07. The Balaban J connectivity index is 1.16. The summed E-state index contributed by atoms with van der Waals surface area (Å²) in [4.78, 5) is 0. The third-order valence-electron chi connectivity index (χ3n) is 12.7. The molecule has 3 unspecified atom stereocenters. The topological polar surface area (TPSA) is 46.0 Å². The Morgan fingerprint density at radius 2 is 0.855 bits per heavy atom. The minimum absolute atomic E-state index is 0.162. The molecule has 0 bridgehead atoms. The predicted molar refractivity (Wildman–Crippen MR) is 257 cm³/mol. The summed E-state index contributed by atoms with van der Waals surface area (Å²) in [5, 5.41) is 17.0. The van der Waals surface area contributed by atoms with Gasteiger partial charge in [-0.1, -0.05) is 206 Å². The van der Waals surface area contributed by atoms with Crippen LogP contribution >= 0.6 is 0 Å². The summed E-state index contributed by atoms with van der Waals surface area (Å²) in [5.74, 6) is 0. The minimum atomic E-state index is -0.320. The Labute approximate surface area is 360 Å². The minimum Gasteiger partial charge on any atom is -0.309 e. The molecule has 1 saturated heterocycles. The molecule has 9 aromatic carbocycles. The van der Waals surface area contributed by atoms with Gasteiger partial charge in [-0.15, -0.1) is 0 Å². The van der Waals surface area contributed by atoms with Crippen molar-refractivity contribution in [1.82, 2.24) is 25.1 Å². The zero-order valence-electron chi connectivity index (χ0n) is 34.0. The molecular weight excluding hydrogens is 755 g/mol. The Bertz CT molecular complexity index is 3390. The molecule has 0 radical (unpaired) electrons. The number of hydrogen-bond donors (Lipinski definition) is 3. The van der Waals surface area contributed by atoms with Gasteiger partial charge in [-0.25, -0.2) is 0 Å². The zero-order valence-corrected chi connectivity index (χ0v) is 34.0. The maximum Gasteiger partial charge on any atom is 0.142 e. The van der Waals surface area contributed by atoms with E-state index in [1.54, 1.807) is 0 Å². The van der Waals surface area contributed by atoms with Crippen molar-refractivity contribution in [2.24, 2.45) is 0 Å². The largest absolute Gasteiger partial charge is 0.309 e. The molecule has 62 heavy (non-hydrogen) atoms. The summed E-state index contributed by atoms with van der Waals surface area (Å²) in [6.07, 6.45) is -0.680. The molecule has 5 nitrogen and oxygen atoms in total. The normalized spacial score (nSPS) is 16.7. The molecule has 11 aromatic rings. The summed E-state index contributed by atoms with van der Waals surface area (Å²) in [7, 11) is 0. The molecule has 1 aliphatic heterocycles. The van der Waals surface area contributed by atoms with Gasteiger partial charge in [-0.05, 0) is 57.1 Å². The average molecular weight is 798 g/mol. The van der Waals surface area contributed by atoms with Crippen molar-refractivity contribution in [3.63, 3.8) is 0 Å². The van der Waals surface area contributed by atoms with Crippen LogP contribution in [0.3, 0.4) is 0 Å². The van der Waals surface area contributed by atoms with Gasteiger partial charge in [-0.2, -0.15) is 0 Å². The van der Waals surface area contributed by atoms with Crippen LogP contribution in [0, 0.1) is 0 Å². The van der Waals surface area contributed by atoms with Crippen LogP contribution in [0.1, 0.15) is 29.7 Å². The fraction of sp³-hybridized carbons (Fsp3) is 0.0526. The molecule has 1 aliphatic rings. The predicted octanol–water partition coefficient (Wildman–Crippen LogP) is 13.5. The maximum atomic E-state index is 4.12. The second kappa shape index (κ2) is 15.2. The number of nitrogens with one attached hydrogen (secondary N) is 3. The van der Waals surface area contributed by atoms with Gasteiger partial charge in [0, 0.05) is 27.1 Å². The molecular formula is C57H43N5. The maximum absolute atomic E-state index is 4.12. The SMILES string of the molecule is c1ccc(-c2ccccc2C2NC(c3ccccc3)NC(n3c4ccccc4c4ccc5c6ccccc6n(-c6cccc(-c7ccccc7)c6-c6ccccc6)c5c43)N2)cc1. The van der Waals surface area contributed by atoms with Gasteiger partial charge in [0.15, 0.2) is 0 Å². The first-order valence-corrected chi connectivity index (χ1v) is 21.5. The molecule has 5 heteroatoms. The van der Waals surface area contributed by atoms with Crippen LogP contribution in [0.2, 0.25) is 0 Å². The lowest BCUT2D eigenvalue weighted by atomic mass is 9.93. The highest BCUT2D eigenvalue weighted by Gasteiger charge is 2.34. The lowest BCUT2D eigenvalue weighted by Crippen LogP contribution is -2.56. The lowest BCUT2D eigenvalue weighted by Gasteiger charge is -2.41. The van der Waals surface area contributed by atoms with Gasteiger partial charge in [-0.3, -0.25) is 16.0 Å². The Morgan fingerprint density at radius 1 is 0.339 bits per heavy atom. The van der Waals surface area contributed by atoms with Crippen LogP contribution in [-0.4, -0.2) is 9.13 Å². The van der Waals surface area contributed by atoms with Gasteiger partial charge in [0.25, 0.3) is 0 Å². The van der Waals surface area contributed by atoms with Crippen molar-refractivity contribution in [2.75, 3.05) is 0 Å². The van der Waals surface area contributed by atoms with Crippen LogP contribution < -0.4 is 16.0 Å². The smallest absolute Gasteiger partial charge is 0.142 e. The van der Waals surface area contributed by atoms with E-state index in [0.29, 0.717) is 0 Å². The molecule has 3 atom stereocenters. The van der Waals surface area contributed by atoms with Crippen molar-refractivity contribution in [3.05, 3.63) is 236 Å². The number of hydrogen-bond acceptors (Lipinski definition) is 3. The van der Waals surface area contributed by atoms with Crippen molar-refractivity contribution in [2.45, 2.75) is 18.6 Å². The van der Waals surface area contributed by atoms with Gasteiger partial charge in [0.1, 0.15) is 6.29 Å². The van der Waals surface area contributed by atoms with E-state index in [1.807, 2.05) is 0 Å². The Kier molecular flexibility index (Phi) is 8.89. The van der Waals surface area contributed by atoms with Crippen LogP contribution in [0.25, 0.3) is 82.7 Å². The number of para-hydroxylation sites is 2. The summed E-state index contributed by atoms with van der Waals surface area (Å²) in [6.45, 7) is 0. The molecule has 12 rings (SSSR count). The van der Waals surface area contributed by atoms with E-state index in [9.17, 15) is 0 Å². The first-order valence-electron chi connectivity index (χ1n) is 21.5. The molecule has 3 N–H and O–H groups in total. The van der Waals surface area contributed by atoms with Crippen molar-refractivity contribution in [1.29, 1.82) is 0 Å². The number of fused-ring (bicyclic) bond motifs is 7. The molecule has 0 aliphatic carbocycles. The molecule has 2 aromatic heterocycles. The number of aromatic nitrogens is 2. The van der Waals surface area contributed by atoms with Crippen LogP contribution in [0.4, 0.5) is 0 Å². The van der Waals surface area contributed by atoms with E-state index < -0.39 is 0 Å². The molecule has 296 valence electrons. The lowest BCUT2D eigenvalue weighted by molar-refractivity contribution is 0.161. The molecule has 0 spiro atoms. The fourth-order valence-corrected chi connectivity index (χ4v) is 9.97. The standard InChI is InChI=1S/C57H43N5/c1-5-20-38(21-6-1)42-28-13-14-31-48(42)56-58-55(41-26-11-4-12-27-41)59-57(60-56)62-50-34-18-16-30-45(50)47-37-36-46-44-29-15-17-33-49(44)61(53(46)54(47)62)51-35-19-32-43(39-22-7-2-8-23-39)52(51)40-24-9-3-10-25-40/h1-37,55-60H. The molecule has 0 saturated carbocycles. The summed E-state index contributed by atoms with van der Waals surface area (Å²) in [5.41, 5.74) is 15.3. The highest BCUT2D eigenvalue weighted by molar-refractivity contribution is 6.23. The van der Waals surface area contributed by atoms with E-state index in [4.69, 9.17) is 0 Å². The highest BCUT2D eigenvalue weighted by atomic mass is 15.4. The fourth-order valence-electron chi connectivity index (χ4n) is 9.97. The molecule has 0 amide bonds. The van der Waals surface area contributed by atoms with E-state index >= 15 is 0 Å². The average Bonchev–Trinajstić information content (AvgIpc) is 3.88. The van der Waals surface area contributed by atoms with Crippen LogP contribution in [-0.2, 0) is 0 Å². The number of nitrogens with zero attached hydrogens (tertiary/aromatic N) is 2. The van der Waals surface area contributed by atoms with Gasteiger partial charge in [0.05, 0.1) is 40.1 Å². The van der Waals surface area contributed by atoms with Crippen molar-refractivity contribution >= 4 is 43.6 Å². The van der Waals surface area contributed by atoms with E-state index in [0.717, 1.165) is 22.2 Å². The van der Waals surface area contributed by atoms with Crippen LogP contribution in [0.5, 0.6) is 0 Å². The van der Waals surface area contributed by atoms with Gasteiger partial charge in [0.2, 0.25) is 0 Å². The van der Waals surface area contributed by atoms with E-state index in [2.05, 4.69) is 250 Å². The molecule has 1 fully saturated rings. The zero-order chi connectivity index (χ0) is 41.0. The third kappa shape index (κ3) is 5.98. The second-order valence-corrected chi connectivity index (χ2v) is 16.2. The highest BCUT2D eigenvalue weighted by Crippen LogP contribution is 2.45. The van der Waals surface area contributed by atoms with Gasteiger partial charge >= 0.3 is 0 Å². The molecule has 3 heterocycles. The van der Waals surface area contributed by atoms with Crippen molar-refractivity contribution in [3.8, 4) is 39.1 Å². The first-order chi connectivity index (χ1) is 30.8. The van der Waals surface area contributed by atoms with Crippen molar-refractivity contribution < 1.29 is 0 Å². The number of benzene rings is 9. The summed E-state index contributed by atoms with van der Waals surface area (Å²) >= 11 is 0. The Morgan fingerprint density at radius 3 is 1.56 bits per heavy atom. The van der Waals surface area contributed by atoms with E-state index in [-0.39, 0.29) is 18.6 Å². The third-order valence-corrected chi connectivity index (χ3v) is 12.7. The van der Waals surface area contributed by atoms with Gasteiger partial charge < -0.3 is 9.13 Å². The monoisotopic (exact) mass is 797 g/mol. The quantitative estimate of drug-likeness (QED) is 0.151. The Hall–Kier alpha value is -7.54. The first kappa shape index (κ1) is 36.3. The van der Waals surface area contributed by atoms with E-state index in [1.165, 1.54) is 71.6 Å². The van der Waals surface area contributed by atoms with Crippen LogP contribution in [0.15, 0.2) is 224 Å².